The molecule has 0 spiro atoms. The highest BCUT2D eigenvalue weighted by Crippen LogP contribution is 2.21. The molecule has 5 nitrogen and oxygen atoms in total. The van der Waals surface area contributed by atoms with Crippen LogP contribution in [0.1, 0.15) is 63.9 Å². The topological polar surface area (TPSA) is 55.1 Å². The van der Waals surface area contributed by atoms with Crippen molar-refractivity contribution in [1.29, 1.82) is 0 Å². The van der Waals surface area contributed by atoms with Gasteiger partial charge < -0.3 is 5.32 Å². The largest absolute Gasteiger partial charge is 0.383 e. The molecule has 22 heavy (non-hydrogen) atoms. The van der Waals surface area contributed by atoms with Crippen molar-refractivity contribution < 1.29 is 0 Å². The summed E-state index contributed by atoms with van der Waals surface area (Å²) < 4.78 is 1.77. The molecule has 2 aromatic heterocycles. The minimum Gasteiger partial charge on any atom is -0.383 e. The van der Waals surface area contributed by atoms with E-state index >= 15 is 0 Å². The second-order valence-electron chi connectivity index (χ2n) is 5.97. The summed E-state index contributed by atoms with van der Waals surface area (Å²) in [6.45, 7) is 8.52. The third-order valence-corrected chi connectivity index (χ3v) is 4.03. The number of imidazole rings is 1. The van der Waals surface area contributed by atoms with Gasteiger partial charge in [0.25, 0.3) is 5.78 Å². The van der Waals surface area contributed by atoms with E-state index in [0.717, 1.165) is 23.7 Å². The zero-order chi connectivity index (χ0) is 15.9. The first-order valence-corrected chi connectivity index (χ1v) is 8.20. The lowest BCUT2D eigenvalue weighted by Crippen LogP contribution is -2.16. The van der Waals surface area contributed by atoms with Gasteiger partial charge >= 0.3 is 0 Å². The molecule has 1 N–H and O–H groups in total. The van der Waals surface area contributed by atoms with Gasteiger partial charge in [-0.25, -0.2) is 14.5 Å². The average Bonchev–Trinajstić information content (AvgIpc) is 2.93. The molecule has 0 saturated heterocycles. The van der Waals surface area contributed by atoms with Crippen LogP contribution in [0.2, 0.25) is 0 Å². The van der Waals surface area contributed by atoms with Crippen LogP contribution in [-0.4, -0.2) is 19.6 Å². The van der Waals surface area contributed by atoms with Crippen molar-refractivity contribution >= 4 is 5.78 Å². The molecule has 0 saturated carbocycles. The maximum absolute atomic E-state index is 4.62. The fraction of sp³-hybridized carbons (Fsp3) is 0.588. The molecular formula is C17H27N5. The average molecular weight is 301 g/mol. The van der Waals surface area contributed by atoms with Crippen LogP contribution in [0.25, 0.3) is 5.78 Å². The molecule has 2 atom stereocenters. The quantitative estimate of drug-likeness (QED) is 0.805. The van der Waals surface area contributed by atoms with E-state index in [-0.39, 0.29) is 6.04 Å². The van der Waals surface area contributed by atoms with E-state index < -0.39 is 0 Å². The summed E-state index contributed by atoms with van der Waals surface area (Å²) in [5.41, 5.74) is 1.90. The Balaban J connectivity index is 2.11. The molecule has 5 heteroatoms. The van der Waals surface area contributed by atoms with Crippen molar-refractivity contribution in [3.8, 4) is 0 Å². The SMILES string of the molecule is C/C=C/NC(CCCC(C)CC)c1cn2nc(C)cnc2n1. The number of hydrogen-bond donors (Lipinski definition) is 1. The van der Waals surface area contributed by atoms with Crippen molar-refractivity contribution in [2.45, 2.75) is 59.4 Å². The summed E-state index contributed by atoms with van der Waals surface area (Å²) >= 11 is 0. The highest BCUT2D eigenvalue weighted by Gasteiger charge is 2.15. The van der Waals surface area contributed by atoms with Crippen LogP contribution in [0, 0.1) is 12.8 Å². The first-order valence-electron chi connectivity index (χ1n) is 8.20. The first-order chi connectivity index (χ1) is 10.6. The Kier molecular flexibility index (Phi) is 5.92. The van der Waals surface area contributed by atoms with E-state index in [1.165, 1.54) is 19.3 Å². The smallest absolute Gasteiger partial charge is 0.250 e. The lowest BCUT2D eigenvalue weighted by Gasteiger charge is -2.16. The summed E-state index contributed by atoms with van der Waals surface area (Å²) in [7, 11) is 0. The number of fused-ring (bicyclic) bond motifs is 1. The molecule has 0 aliphatic heterocycles. The summed E-state index contributed by atoms with van der Waals surface area (Å²) in [6.07, 6.45) is 12.5. The molecule has 0 radical (unpaired) electrons. The maximum atomic E-state index is 4.62. The highest BCUT2D eigenvalue weighted by atomic mass is 15.3. The zero-order valence-corrected chi connectivity index (χ0v) is 14.1. The predicted octanol–water partition coefficient (Wildman–Crippen LogP) is 3.81. The first kappa shape index (κ1) is 16.5. The Morgan fingerprint density at radius 3 is 2.91 bits per heavy atom. The van der Waals surface area contributed by atoms with Crippen molar-refractivity contribution in [3.63, 3.8) is 0 Å². The van der Waals surface area contributed by atoms with Crippen LogP contribution in [-0.2, 0) is 0 Å². The summed E-state index contributed by atoms with van der Waals surface area (Å²) in [5.74, 6) is 1.45. The minimum atomic E-state index is 0.212. The predicted molar refractivity (Wildman–Crippen MR) is 89.5 cm³/mol. The molecule has 2 aromatic rings. The van der Waals surface area contributed by atoms with E-state index in [9.17, 15) is 0 Å². The Morgan fingerprint density at radius 1 is 1.36 bits per heavy atom. The Morgan fingerprint density at radius 2 is 2.18 bits per heavy atom. The van der Waals surface area contributed by atoms with Gasteiger partial charge in [-0.1, -0.05) is 39.2 Å². The van der Waals surface area contributed by atoms with Crippen molar-refractivity contribution in [1.82, 2.24) is 24.9 Å². The number of nitrogens with zero attached hydrogens (tertiary/aromatic N) is 4. The molecule has 2 rings (SSSR count). The van der Waals surface area contributed by atoms with Crippen LogP contribution < -0.4 is 5.32 Å². The Labute approximate surface area is 132 Å². The molecule has 0 amide bonds. The van der Waals surface area contributed by atoms with Crippen LogP contribution in [0.4, 0.5) is 0 Å². The minimum absolute atomic E-state index is 0.212. The fourth-order valence-electron chi connectivity index (χ4n) is 2.46. The highest BCUT2D eigenvalue weighted by molar-refractivity contribution is 5.29. The van der Waals surface area contributed by atoms with E-state index in [1.54, 1.807) is 10.7 Å². The lowest BCUT2D eigenvalue weighted by molar-refractivity contribution is 0.446. The number of hydrogen-bond acceptors (Lipinski definition) is 4. The maximum Gasteiger partial charge on any atom is 0.250 e. The Hall–Kier alpha value is -1.91. The zero-order valence-electron chi connectivity index (χ0n) is 14.1. The standard InChI is InChI=1S/C17H27N5/c1-5-10-18-15(9-7-8-13(3)6-2)16-12-22-17(20-16)19-11-14(4)21-22/h5,10-13,15,18H,6-9H2,1-4H3/b10-5+. The van der Waals surface area contributed by atoms with Gasteiger partial charge in [0, 0.05) is 0 Å². The number of aromatic nitrogens is 4. The number of rotatable bonds is 8. The third kappa shape index (κ3) is 4.29. The third-order valence-electron chi connectivity index (χ3n) is 4.03. The monoisotopic (exact) mass is 301 g/mol. The normalized spacial score (nSPS) is 14.5. The van der Waals surface area contributed by atoms with Crippen molar-refractivity contribution in [2.75, 3.05) is 0 Å². The van der Waals surface area contributed by atoms with Gasteiger partial charge in [0.2, 0.25) is 0 Å². The van der Waals surface area contributed by atoms with Crippen LogP contribution in [0.3, 0.4) is 0 Å². The van der Waals surface area contributed by atoms with Gasteiger partial charge in [-0.15, -0.1) is 0 Å². The van der Waals surface area contributed by atoms with Crippen LogP contribution in [0.5, 0.6) is 0 Å². The molecule has 2 heterocycles. The van der Waals surface area contributed by atoms with Gasteiger partial charge in [-0.05, 0) is 32.4 Å². The molecule has 0 aromatic carbocycles. The number of nitrogens with one attached hydrogen (secondary N) is 1. The second kappa shape index (κ2) is 7.92. The van der Waals surface area contributed by atoms with Gasteiger partial charge in [0.15, 0.2) is 0 Å². The van der Waals surface area contributed by atoms with Crippen LogP contribution >= 0.6 is 0 Å². The van der Waals surface area contributed by atoms with E-state index in [0.29, 0.717) is 5.78 Å². The van der Waals surface area contributed by atoms with Gasteiger partial charge in [0.1, 0.15) is 0 Å². The molecule has 0 aliphatic carbocycles. The van der Waals surface area contributed by atoms with Crippen molar-refractivity contribution in [3.05, 3.63) is 36.1 Å². The fourth-order valence-corrected chi connectivity index (χ4v) is 2.46. The summed E-state index contributed by atoms with van der Waals surface area (Å²) in [6, 6.07) is 0.212. The molecule has 0 fully saturated rings. The van der Waals surface area contributed by atoms with E-state index in [4.69, 9.17) is 0 Å². The lowest BCUT2D eigenvalue weighted by atomic mass is 9.98. The van der Waals surface area contributed by atoms with Gasteiger partial charge in [-0.2, -0.15) is 5.10 Å². The number of allylic oxidation sites excluding steroid dienone is 1. The van der Waals surface area contributed by atoms with E-state index in [2.05, 4.69) is 34.2 Å². The molecule has 0 aliphatic rings. The Bertz CT molecular complexity index is 617. The van der Waals surface area contributed by atoms with Crippen LogP contribution in [0.15, 0.2) is 24.7 Å². The van der Waals surface area contributed by atoms with Crippen molar-refractivity contribution in [2.24, 2.45) is 5.92 Å². The molecule has 120 valence electrons. The molecular weight excluding hydrogens is 274 g/mol. The van der Waals surface area contributed by atoms with E-state index in [1.807, 2.05) is 32.3 Å². The summed E-state index contributed by atoms with van der Waals surface area (Å²) in [4.78, 5) is 8.95. The molecule has 0 bridgehead atoms. The summed E-state index contributed by atoms with van der Waals surface area (Å²) in [5, 5.41) is 7.87. The van der Waals surface area contributed by atoms with Gasteiger partial charge in [-0.3, -0.25) is 0 Å². The van der Waals surface area contributed by atoms with Gasteiger partial charge in [0.05, 0.1) is 29.8 Å². The molecule has 2 unspecified atom stereocenters. The number of aryl methyl sites for hydroxylation is 1. The second-order valence-corrected chi connectivity index (χ2v) is 5.97.